The first kappa shape index (κ1) is 17.5. The summed E-state index contributed by atoms with van der Waals surface area (Å²) in [6.45, 7) is 7.57. The molecule has 0 unspecified atom stereocenters. The lowest BCUT2D eigenvalue weighted by Gasteiger charge is -2.28. The van der Waals surface area contributed by atoms with E-state index in [1.807, 2.05) is 46.8 Å². The van der Waals surface area contributed by atoms with Crippen LogP contribution >= 0.6 is 0 Å². The second kappa shape index (κ2) is 6.99. The number of anilines is 1. The van der Waals surface area contributed by atoms with Gasteiger partial charge in [0.25, 0.3) is 0 Å². The number of para-hydroxylation sites is 1. The first-order valence-corrected chi connectivity index (χ1v) is 9.51. The molecular weight excluding hydrogens is 336 g/mol. The molecule has 138 valence electrons. The second-order valence-electron chi connectivity index (χ2n) is 7.37. The molecule has 1 amide bonds. The largest absolute Gasteiger partial charge is 0.307 e. The van der Waals surface area contributed by atoms with Gasteiger partial charge in [-0.25, -0.2) is 4.68 Å². The third-order valence-electron chi connectivity index (χ3n) is 4.93. The van der Waals surface area contributed by atoms with Crippen molar-refractivity contribution >= 4 is 11.6 Å². The van der Waals surface area contributed by atoms with Gasteiger partial charge in [-0.1, -0.05) is 68.4 Å². The molecule has 0 N–H and O–H groups in total. The number of benzene rings is 2. The van der Waals surface area contributed by atoms with Crippen LogP contribution in [0.5, 0.6) is 0 Å². The van der Waals surface area contributed by atoms with Crippen LogP contribution in [0.1, 0.15) is 32.8 Å². The number of amides is 1. The lowest BCUT2D eigenvalue weighted by Crippen LogP contribution is -2.31. The Hall–Kier alpha value is -2.95. The summed E-state index contributed by atoms with van der Waals surface area (Å²) in [6, 6.07) is 16.3. The van der Waals surface area contributed by atoms with E-state index >= 15 is 0 Å². The maximum Gasteiger partial charge on any atom is 0.227 e. The smallest absolute Gasteiger partial charge is 0.227 e. The summed E-state index contributed by atoms with van der Waals surface area (Å²) >= 11 is 0. The topological polar surface area (TPSA) is 51.0 Å². The highest BCUT2D eigenvalue weighted by molar-refractivity contribution is 6.00. The van der Waals surface area contributed by atoms with Crippen molar-refractivity contribution in [3.8, 4) is 22.5 Å². The number of nitrogens with zero attached hydrogens (tertiary/aromatic N) is 4. The Morgan fingerprint density at radius 2 is 1.78 bits per heavy atom. The predicted octanol–water partition coefficient (Wildman–Crippen LogP) is 4.52. The summed E-state index contributed by atoms with van der Waals surface area (Å²) in [6.07, 6.45) is 0.465. The number of carbonyl (C=O) groups is 1. The first-order chi connectivity index (χ1) is 13.1. The van der Waals surface area contributed by atoms with E-state index in [-0.39, 0.29) is 5.91 Å². The molecule has 1 aliphatic rings. The fraction of sp³-hybridized carbons (Fsp3) is 0.318. The molecule has 5 heteroatoms. The highest BCUT2D eigenvalue weighted by Crippen LogP contribution is 2.41. The second-order valence-corrected chi connectivity index (χ2v) is 7.37. The van der Waals surface area contributed by atoms with Crippen molar-refractivity contribution in [2.45, 2.75) is 40.3 Å². The van der Waals surface area contributed by atoms with Crippen LogP contribution in [-0.4, -0.2) is 20.9 Å². The van der Waals surface area contributed by atoms with Crippen LogP contribution in [0.25, 0.3) is 22.5 Å². The number of fused-ring (bicyclic) bond motifs is 5. The van der Waals surface area contributed by atoms with Crippen molar-refractivity contribution in [1.82, 2.24) is 15.0 Å². The molecule has 0 atom stereocenters. The minimum absolute atomic E-state index is 0.114. The molecule has 0 spiro atoms. The number of hydrogen-bond acceptors (Lipinski definition) is 3. The van der Waals surface area contributed by atoms with Gasteiger partial charge in [-0.15, -0.1) is 5.10 Å². The zero-order valence-electron chi connectivity index (χ0n) is 16.0. The normalized spacial score (nSPS) is 12.8. The standard InChI is InChI=1S/C22H24N4O/c1-4-20(27)25-14-16-9-5-6-10-17(16)21-22(18-11-7-8-12-19(18)25)26(24-23-21)13-15(2)3/h5-12,15H,4,13-14H2,1-3H3. The van der Waals surface area contributed by atoms with Gasteiger partial charge in [-0.05, 0) is 17.5 Å². The highest BCUT2D eigenvalue weighted by Gasteiger charge is 2.28. The monoisotopic (exact) mass is 360 g/mol. The Morgan fingerprint density at radius 1 is 1.07 bits per heavy atom. The molecule has 0 bridgehead atoms. The van der Waals surface area contributed by atoms with Crippen LogP contribution in [-0.2, 0) is 17.9 Å². The quantitative estimate of drug-likeness (QED) is 0.690. The van der Waals surface area contributed by atoms with E-state index in [1.54, 1.807) is 0 Å². The number of carbonyl (C=O) groups excluding carboxylic acids is 1. The van der Waals surface area contributed by atoms with Crippen LogP contribution in [0, 0.1) is 5.92 Å². The van der Waals surface area contributed by atoms with E-state index < -0.39 is 0 Å². The summed E-state index contributed by atoms with van der Waals surface area (Å²) in [5.41, 5.74) is 5.95. The lowest BCUT2D eigenvalue weighted by molar-refractivity contribution is -0.118. The predicted molar refractivity (Wildman–Crippen MR) is 107 cm³/mol. The molecule has 4 rings (SSSR count). The van der Waals surface area contributed by atoms with Gasteiger partial charge in [0.05, 0.1) is 17.9 Å². The molecule has 2 heterocycles. The summed E-state index contributed by atoms with van der Waals surface area (Å²) in [5.74, 6) is 0.556. The third-order valence-corrected chi connectivity index (χ3v) is 4.93. The van der Waals surface area contributed by atoms with Crippen molar-refractivity contribution in [2.75, 3.05) is 4.90 Å². The molecule has 0 radical (unpaired) electrons. The van der Waals surface area contributed by atoms with Crippen LogP contribution < -0.4 is 4.90 Å². The number of aromatic nitrogens is 3. The molecule has 5 nitrogen and oxygen atoms in total. The molecule has 2 aromatic carbocycles. The molecule has 0 fully saturated rings. The minimum Gasteiger partial charge on any atom is -0.307 e. The zero-order chi connectivity index (χ0) is 19.0. The summed E-state index contributed by atoms with van der Waals surface area (Å²) in [7, 11) is 0. The van der Waals surface area contributed by atoms with E-state index in [9.17, 15) is 4.79 Å². The van der Waals surface area contributed by atoms with Gasteiger partial charge in [0.2, 0.25) is 5.91 Å². The molecule has 0 saturated carbocycles. The Labute approximate surface area is 159 Å². The van der Waals surface area contributed by atoms with Crippen molar-refractivity contribution in [3.63, 3.8) is 0 Å². The Kier molecular flexibility index (Phi) is 4.52. The van der Waals surface area contributed by atoms with Crippen LogP contribution in [0.15, 0.2) is 48.5 Å². The average Bonchev–Trinajstić information content (AvgIpc) is 3.06. The van der Waals surface area contributed by atoms with Gasteiger partial charge >= 0.3 is 0 Å². The Bertz CT molecular complexity index is 989. The van der Waals surface area contributed by atoms with E-state index in [2.05, 4.69) is 42.4 Å². The molecule has 27 heavy (non-hydrogen) atoms. The van der Waals surface area contributed by atoms with Gasteiger partial charge in [-0.2, -0.15) is 0 Å². The van der Waals surface area contributed by atoms with Gasteiger partial charge in [0.1, 0.15) is 5.69 Å². The van der Waals surface area contributed by atoms with Gasteiger partial charge in [0, 0.05) is 24.1 Å². The van der Waals surface area contributed by atoms with Gasteiger partial charge < -0.3 is 4.90 Å². The summed E-state index contributed by atoms with van der Waals surface area (Å²) < 4.78 is 1.98. The fourth-order valence-electron chi connectivity index (χ4n) is 3.70. The minimum atomic E-state index is 0.114. The van der Waals surface area contributed by atoms with Crippen molar-refractivity contribution in [2.24, 2.45) is 5.92 Å². The third kappa shape index (κ3) is 3.03. The zero-order valence-corrected chi connectivity index (χ0v) is 16.0. The SMILES string of the molecule is CCC(=O)N1Cc2ccccc2-c2nnn(CC(C)C)c2-c2ccccc21. The molecule has 3 aromatic rings. The van der Waals surface area contributed by atoms with E-state index in [0.717, 1.165) is 40.3 Å². The van der Waals surface area contributed by atoms with Crippen LogP contribution in [0.4, 0.5) is 5.69 Å². The molecule has 0 aliphatic carbocycles. The van der Waals surface area contributed by atoms with Gasteiger partial charge in [0.15, 0.2) is 0 Å². The Balaban J connectivity index is 2.04. The fourth-order valence-corrected chi connectivity index (χ4v) is 3.70. The summed E-state index contributed by atoms with van der Waals surface area (Å²) in [4.78, 5) is 14.7. The lowest BCUT2D eigenvalue weighted by atomic mass is 9.95. The molecular formula is C22H24N4O. The van der Waals surface area contributed by atoms with Crippen molar-refractivity contribution in [3.05, 3.63) is 54.1 Å². The molecule has 1 aromatic heterocycles. The number of hydrogen-bond donors (Lipinski definition) is 0. The van der Waals surface area contributed by atoms with E-state index in [4.69, 9.17) is 0 Å². The van der Waals surface area contributed by atoms with Gasteiger partial charge in [-0.3, -0.25) is 4.79 Å². The first-order valence-electron chi connectivity index (χ1n) is 9.51. The summed E-state index contributed by atoms with van der Waals surface area (Å²) in [5, 5.41) is 9.02. The maximum atomic E-state index is 12.8. The van der Waals surface area contributed by atoms with E-state index in [1.165, 1.54) is 0 Å². The van der Waals surface area contributed by atoms with E-state index in [0.29, 0.717) is 18.9 Å². The van der Waals surface area contributed by atoms with Crippen LogP contribution in [0.3, 0.4) is 0 Å². The van der Waals surface area contributed by atoms with Crippen LogP contribution in [0.2, 0.25) is 0 Å². The maximum absolute atomic E-state index is 12.8. The average molecular weight is 360 g/mol. The Morgan fingerprint density at radius 3 is 2.52 bits per heavy atom. The molecule has 0 saturated heterocycles. The number of rotatable bonds is 3. The highest BCUT2D eigenvalue weighted by atomic mass is 16.2. The molecule has 1 aliphatic heterocycles. The van der Waals surface area contributed by atoms with Crippen molar-refractivity contribution < 1.29 is 4.79 Å². The van der Waals surface area contributed by atoms with Crippen molar-refractivity contribution in [1.29, 1.82) is 0 Å².